The first-order chi connectivity index (χ1) is 14.7. The van der Waals surface area contributed by atoms with Crippen molar-refractivity contribution >= 4 is 17.5 Å². The van der Waals surface area contributed by atoms with Crippen LogP contribution < -0.4 is 5.48 Å². The molecule has 1 amide bonds. The summed E-state index contributed by atoms with van der Waals surface area (Å²) in [5, 5.41) is 13.3. The Morgan fingerprint density at radius 3 is 2.87 bits per heavy atom. The molecule has 1 aliphatic rings. The van der Waals surface area contributed by atoms with E-state index in [1.165, 1.54) is 34.8 Å². The van der Waals surface area contributed by atoms with Gasteiger partial charge in [-0.2, -0.15) is 5.10 Å². The standard InChI is InChI=1S/C24H28N4O2/c1-2-21-20(23-6-3-4-16-28(23)25-21)14-17-27-15-5-7-22(27)19-11-8-18(9-12-19)10-13-24(29)26-30/h3-4,6,8-13,16,22,30H,2,5,7,14-15,17H2,1H3,(H,26,29)/b13-10+/t22-/m0/s1. The molecule has 156 valence electrons. The van der Waals surface area contributed by atoms with E-state index < -0.39 is 5.91 Å². The van der Waals surface area contributed by atoms with Crippen molar-refractivity contribution in [1.29, 1.82) is 0 Å². The number of rotatable bonds is 7. The van der Waals surface area contributed by atoms with Crippen molar-refractivity contribution in [3.8, 4) is 0 Å². The maximum atomic E-state index is 11.1. The molecular weight excluding hydrogens is 376 g/mol. The highest BCUT2D eigenvalue weighted by atomic mass is 16.5. The van der Waals surface area contributed by atoms with E-state index in [-0.39, 0.29) is 0 Å². The van der Waals surface area contributed by atoms with Crippen LogP contribution >= 0.6 is 0 Å². The molecule has 1 fully saturated rings. The predicted octanol–water partition coefficient (Wildman–Crippen LogP) is 3.79. The van der Waals surface area contributed by atoms with E-state index in [1.54, 1.807) is 11.6 Å². The number of nitrogens with zero attached hydrogens (tertiary/aromatic N) is 3. The highest BCUT2D eigenvalue weighted by molar-refractivity contribution is 5.90. The van der Waals surface area contributed by atoms with Gasteiger partial charge in [-0.25, -0.2) is 10.00 Å². The first-order valence-corrected chi connectivity index (χ1v) is 10.6. The van der Waals surface area contributed by atoms with Crippen LogP contribution in [-0.2, 0) is 17.6 Å². The second-order valence-corrected chi connectivity index (χ2v) is 7.73. The van der Waals surface area contributed by atoms with E-state index in [0.717, 1.165) is 37.9 Å². The summed E-state index contributed by atoms with van der Waals surface area (Å²) in [5.41, 5.74) is 7.63. The fourth-order valence-electron chi connectivity index (χ4n) is 4.42. The van der Waals surface area contributed by atoms with Crippen LogP contribution in [0, 0.1) is 0 Å². The number of hydrogen-bond acceptors (Lipinski definition) is 4. The average Bonchev–Trinajstić information content (AvgIpc) is 3.40. The number of nitrogens with one attached hydrogen (secondary N) is 1. The van der Waals surface area contributed by atoms with Crippen molar-refractivity contribution in [3.63, 3.8) is 0 Å². The smallest absolute Gasteiger partial charge is 0.267 e. The summed E-state index contributed by atoms with van der Waals surface area (Å²) in [6, 6.07) is 15.0. The van der Waals surface area contributed by atoms with Gasteiger partial charge in [0.15, 0.2) is 0 Å². The molecule has 4 rings (SSSR count). The van der Waals surface area contributed by atoms with Gasteiger partial charge in [0.1, 0.15) is 0 Å². The van der Waals surface area contributed by atoms with Crippen LogP contribution in [0.2, 0.25) is 0 Å². The summed E-state index contributed by atoms with van der Waals surface area (Å²) in [6.07, 6.45) is 9.36. The molecule has 30 heavy (non-hydrogen) atoms. The third-order valence-electron chi connectivity index (χ3n) is 5.93. The molecule has 0 unspecified atom stereocenters. The first-order valence-electron chi connectivity index (χ1n) is 10.6. The van der Waals surface area contributed by atoms with Crippen LogP contribution in [0.4, 0.5) is 0 Å². The Morgan fingerprint density at radius 1 is 1.27 bits per heavy atom. The van der Waals surface area contributed by atoms with Crippen molar-refractivity contribution < 1.29 is 10.0 Å². The molecular formula is C24H28N4O2. The van der Waals surface area contributed by atoms with Crippen LogP contribution in [0.3, 0.4) is 0 Å². The molecule has 1 aromatic carbocycles. The predicted molar refractivity (Wildman–Crippen MR) is 117 cm³/mol. The summed E-state index contributed by atoms with van der Waals surface area (Å²) in [4.78, 5) is 13.7. The van der Waals surface area contributed by atoms with Crippen molar-refractivity contribution in [2.75, 3.05) is 13.1 Å². The van der Waals surface area contributed by atoms with Gasteiger partial charge in [0.25, 0.3) is 5.91 Å². The number of benzene rings is 1. The zero-order chi connectivity index (χ0) is 20.9. The molecule has 0 bridgehead atoms. The fourth-order valence-corrected chi connectivity index (χ4v) is 4.42. The van der Waals surface area contributed by atoms with Crippen LogP contribution in [-0.4, -0.2) is 38.7 Å². The maximum Gasteiger partial charge on any atom is 0.267 e. The van der Waals surface area contributed by atoms with Gasteiger partial charge in [-0.3, -0.25) is 14.9 Å². The van der Waals surface area contributed by atoms with Crippen LogP contribution in [0.1, 0.15) is 48.2 Å². The highest BCUT2D eigenvalue weighted by Crippen LogP contribution is 2.32. The van der Waals surface area contributed by atoms with Gasteiger partial charge in [-0.15, -0.1) is 0 Å². The first kappa shape index (κ1) is 20.3. The summed E-state index contributed by atoms with van der Waals surface area (Å²) in [5.74, 6) is -0.528. The van der Waals surface area contributed by atoms with Gasteiger partial charge in [-0.1, -0.05) is 37.3 Å². The molecule has 2 N–H and O–H groups in total. The second-order valence-electron chi connectivity index (χ2n) is 7.73. The number of hydrogen-bond donors (Lipinski definition) is 2. The summed E-state index contributed by atoms with van der Waals surface area (Å²) in [7, 11) is 0. The Hall–Kier alpha value is -2.96. The molecule has 0 spiro atoms. The molecule has 3 aromatic rings. The number of aromatic nitrogens is 2. The number of likely N-dealkylation sites (tertiary alicyclic amines) is 1. The molecule has 1 saturated heterocycles. The Morgan fingerprint density at radius 2 is 2.10 bits per heavy atom. The molecule has 0 aliphatic carbocycles. The lowest BCUT2D eigenvalue weighted by Crippen LogP contribution is -2.26. The molecule has 1 aliphatic heterocycles. The normalized spacial score (nSPS) is 17.2. The average molecular weight is 405 g/mol. The third-order valence-corrected chi connectivity index (χ3v) is 5.93. The molecule has 6 nitrogen and oxygen atoms in total. The largest absolute Gasteiger partial charge is 0.296 e. The molecule has 0 radical (unpaired) electrons. The van der Waals surface area contributed by atoms with Gasteiger partial charge in [0.2, 0.25) is 0 Å². The zero-order valence-corrected chi connectivity index (χ0v) is 17.3. The second kappa shape index (κ2) is 9.24. The summed E-state index contributed by atoms with van der Waals surface area (Å²) in [6.45, 7) is 4.31. The number of hydroxylamine groups is 1. The minimum Gasteiger partial charge on any atom is -0.296 e. The van der Waals surface area contributed by atoms with E-state index in [0.29, 0.717) is 6.04 Å². The number of carbonyl (C=O) groups is 1. The minimum atomic E-state index is -0.528. The topological polar surface area (TPSA) is 69.9 Å². The number of aryl methyl sites for hydroxylation is 1. The molecule has 1 atom stereocenters. The molecule has 2 aromatic heterocycles. The SMILES string of the molecule is CCc1nn2ccccc2c1CCN1CCC[C@H]1c1ccc(/C=C/C(=O)NO)cc1. The minimum absolute atomic E-state index is 0.427. The van der Waals surface area contributed by atoms with Gasteiger partial charge >= 0.3 is 0 Å². The molecule has 3 heterocycles. The van der Waals surface area contributed by atoms with Crippen LogP contribution in [0.5, 0.6) is 0 Å². The Kier molecular flexibility index (Phi) is 6.26. The number of fused-ring (bicyclic) bond motifs is 1. The Balaban J connectivity index is 1.46. The van der Waals surface area contributed by atoms with E-state index in [2.05, 4.69) is 36.1 Å². The molecule has 0 saturated carbocycles. The van der Waals surface area contributed by atoms with Crippen molar-refractivity contribution in [1.82, 2.24) is 20.0 Å². The number of carbonyl (C=O) groups excluding carboxylic acids is 1. The van der Waals surface area contributed by atoms with E-state index >= 15 is 0 Å². The summed E-state index contributed by atoms with van der Waals surface area (Å²) < 4.78 is 2.00. The lowest BCUT2D eigenvalue weighted by molar-refractivity contribution is -0.124. The quantitative estimate of drug-likeness (QED) is 0.357. The van der Waals surface area contributed by atoms with Gasteiger partial charge in [-0.05, 0) is 61.6 Å². The Bertz CT molecular complexity index is 1040. The Labute approximate surface area is 176 Å². The lowest BCUT2D eigenvalue weighted by Gasteiger charge is -2.25. The van der Waals surface area contributed by atoms with E-state index in [9.17, 15) is 4.79 Å². The van der Waals surface area contributed by atoms with Gasteiger partial charge < -0.3 is 0 Å². The van der Waals surface area contributed by atoms with Gasteiger partial charge in [0.05, 0.1) is 11.2 Å². The van der Waals surface area contributed by atoms with Crippen LogP contribution in [0.15, 0.2) is 54.7 Å². The van der Waals surface area contributed by atoms with E-state index in [4.69, 9.17) is 10.3 Å². The van der Waals surface area contributed by atoms with Crippen LogP contribution in [0.25, 0.3) is 11.6 Å². The molecule has 6 heteroatoms. The number of amides is 1. The van der Waals surface area contributed by atoms with Crippen molar-refractivity contribution in [3.05, 3.63) is 77.1 Å². The zero-order valence-electron chi connectivity index (χ0n) is 17.3. The number of pyridine rings is 1. The fraction of sp³-hybridized carbons (Fsp3) is 0.333. The van der Waals surface area contributed by atoms with Gasteiger partial charge in [0, 0.05) is 30.4 Å². The maximum absolute atomic E-state index is 11.1. The van der Waals surface area contributed by atoms with Crippen molar-refractivity contribution in [2.45, 2.75) is 38.6 Å². The van der Waals surface area contributed by atoms with E-state index in [1.807, 2.05) is 28.9 Å². The third kappa shape index (κ3) is 4.30. The monoisotopic (exact) mass is 404 g/mol. The summed E-state index contributed by atoms with van der Waals surface area (Å²) >= 11 is 0. The highest BCUT2D eigenvalue weighted by Gasteiger charge is 2.26. The lowest BCUT2D eigenvalue weighted by atomic mass is 10.0. The van der Waals surface area contributed by atoms with Crippen molar-refractivity contribution in [2.24, 2.45) is 0 Å².